The van der Waals surface area contributed by atoms with Crippen LogP contribution in [0, 0.1) is 0 Å². The summed E-state index contributed by atoms with van der Waals surface area (Å²) in [5, 5.41) is 5.07. The topological polar surface area (TPSA) is 128 Å². The average Bonchev–Trinajstić information content (AvgIpc) is 2.77. The predicted molar refractivity (Wildman–Crippen MR) is 120 cm³/mol. The molecule has 0 unspecified atom stereocenters. The quantitative estimate of drug-likeness (QED) is 0.473. The fourth-order valence-electron chi connectivity index (χ4n) is 2.48. The lowest BCUT2D eigenvalue weighted by Gasteiger charge is -2.12. The Balaban J connectivity index is 1.65. The van der Waals surface area contributed by atoms with Crippen molar-refractivity contribution in [2.45, 2.75) is 11.8 Å². The van der Waals surface area contributed by atoms with Crippen molar-refractivity contribution in [2.24, 2.45) is 0 Å². The standard InChI is InChI=1S/C21H20N2O7S2/c1-2-31(25,26)30-20-11-7-6-10-19(20)23-21(24)22-16-12-14-17(15-13-16)29-32(27,28)18-8-4-3-5-9-18/h3-15H,2H2,1H3,(H2,22,23,24). The second-order valence-corrected chi connectivity index (χ2v) is 9.79. The van der Waals surface area contributed by atoms with Crippen LogP contribution in [0.4, 0.5) is 16.2 Å². The first-order valence-electron chi connectivity index (χ1n) is 9.37. The first kappa shape index (κ1) is 23.1. The minimum atomic E-state index is -3.97. The Kier molecular flexibility index (Phi) is 7.01. The van der Waals surface area contributed by atoms with E-state index in [1.165, 1.54) is 55.5 Å². The molecule has 2 amide bonds. The van der Waals surface area contributed by atoms with E-state index < -0.39 is 26.3 Å². The molecule has 11 heteroatoms. The second-order valence-electron chi connectivity index (χ2n) is 6.38. The number of hydrogen-bond donors (Lipinski definition) is 2. The average molecular weight is 477 g/mol. The predicted octanol–water partition coefficient (Wildman–Crippen LogP) is 3.83. The Morgan fingerprint density at radius 2 is 1.41 bits per heavy atom. The minimum absolute atomic E-state index is 0.0145. The molecule has 3 aromatic rings. The van der Waals surface area contributed by atoms with Crippen LogP contribution in [0.2, 0.25) is 0 Å². The zero-order valence-electron chi connectivity index (χ0n) is 16.9. The molecule has 0 spiro atoms. The van der Waals surface area contributed by atoms with E-state index in [0.717, 1.165) is 0 Å². The molecule has 0 bridgehead atoms. The summed E-state index contributed by atoms with van der Waals surface area (Å²) >= 11 is 0. The van der Waals surface area contributed by atoms with Gasteiger partial charge in [0, 0.05) is 5.69 Å². The van der Waals surface area contributed by atoms with Gasteiger partial charge < -0.3 is 19.0 Å². The molecule has 0 aliphatic rings. The maximum Gasteiger partial charge on any atom is 0.339 e. The van der Waals surface area contributed by atoms with Crippen LogP contribution in [0.5, 0.6) is 11.5 Å². The molecule has 0 aromatic heterocycles. The third kappa shape index (κ3) is 6.22. The number of para-hydroxylation sites is 2. The highest BCUT2D eigenvalue weighted by Crippen LogP contribution is 2.26. The lowest BCUT2D eigenvalue weighted by molar-refractivity contribution is 0.262. The van der Waals surface area contributed by atoms with E-state index in [9.17, 15) is 21.6 Å². The van der Waals surface area contributed by atoms with Crippen LogP contribution in [-0.2, 0) is 20.2 Å². The molecular formula is C21H20N2O7S2. The zero-order chi connectivity index (χ0) is 23.2. The minimum Gasteiger partial charge on any atom is -0.380 e. The molecule has 0 saturated carbocycles. The zero-order valence-corrected chi connectivity index (χ0v) is 18.5. The summed E-state index contributed by atoms with van der Waals surface area (Å²) in [7, 11) is -7.74. The van der Waals surface area contributed by atoms with Gasteiger partial charge in [-0.05, 0) is 55.5 Å². The fraction of sp³-hybridized carbons (Fsp3) is 0.0952. The Hall–Kier alpha value is -3.57. The normalized spacial score (nSPS) is 11.4. The van der Waals surface area contributed by atoms with Crippen LogP contribution < -0.4 is 19.0 Å². The van der Waals surface area contributed by atoms with Gasteiger partial charge in [0.1, 0.15) is 10.6 Å². The highest BCUT2D eigenvalue weighted by atomic mass is 32.2. The fourth-order valence-corrected chi connectivity index (χ4v) is 3.97. The van der Waals surface area contributed by atoms with Gasteiger partial charge in [-0.3, -0.25) is 0 Å². The molecule has 32 heavy (non-hydrogen) atoms. The van der Waals surface area contributed by atoms with Gasteiger partial charge in [0.2, 0.25) is 0 Å². The van der Waals surface area contributed by atoms with Crippen LogP contribution >= 0.6 is 0 Å². The molecule has 168 valence electrons. The van der Waals surface area contributed by atoms with E-state index in [1.807, 2.05) is 0 Å². The number of rotatable bonds is 8. The van der Waals surface area contributed by atoms with Gasteiger partial charge in [-0.1, -0.05) is 30.3 Å². The third-order valence-electron chi connectivity index (χ3n) is 4.06. The van der Waals surface area contributed by atoms with Gasteiger partial charge in [-0.25, -0.2) is 4.79 Å². The number of benzene rings is 3. The first-order valence-corrected chi connectivity index (χ1v) is 12.4. The summed E-state index contributed by atoms with van der Waals surface area (Å²) in [5.41, 5.74) is 0.516. The number of anilines is 2. The summed E-state index contributed by atoms with van der Waals surface area (Å²) in [6, 6.07) is 18.8. The lowest BCUT2D eigenvalue weighted by atomic mass is 10.3. The second kappa shape index (κ2) is 9.71. The summed E-state index contributed by atoms with van der Waals surface area (Å²) < 4.78 is 58.0. The van der Waals surface area contributed by atoms with Gasteiger partial charge in [0.15, 0.2) is 5.75 Å². The summed E-state index contributed by atoms with van der Waals surface area (Å²) in [4.78, 5) is 12.3. The molecule has 0 aliphatic heterocycles. The monoisotopic (exact) mass is 476 g/mol. The molecule has 3 rings (SSSR count). The Labute approximate surface area is 186 Å². The Morgan fingerprint density at radius 3 is 2.06 bits per heavy atom. The van der Waals surface area contributed by atoms with Gasteiger partial charge in [-0.15, -0.1) is 0 Å². The smallest absolute Gasteiger partial charge is 0.339 e. The van der Waals surface area contributed by atoms with E-state index in [1.54, 1.807) is 30.3 Å². The largest absolute Gasteiger partial charge is 0.380 e. The van der Waals surface area contributed by atoms with E-state index in [-0.39, 0.29) is 27.8 Å². The van der Waals surface area contributed by atoms with Crippen molar-refractivity contribution in [3.63, 3.8) is 0 Å². The molecule has 0 saturated heterocycles. The molecule has 2 N–H and O–H groups in total. The highest BCUT2D eigenvalue weighted by Gasteiger charge is 2.17. The number of hydrogen-bond acceptors (Lipinski definition) is 7. The van der Waals surface area contributed by atoms with Crippen molar-refractivity contribution in [3.8, 4) is 11.5 Å². The Bertz CT molecular complexity index is 1290. The van der Waals surface area contributed by atoms with Crippen LogP contribution in [0.3, 0.4) is 0 Å². The van der Waals surface area contributed by atoms with E-state index in [0.29, 0.717) is 5.69 Å². The van der Waals surface area contributed by atoms with Crippen molar-refractivity contribution in [2.75, 3.05) is 16.4 Å². The van der Waals surface area contributed by atoms with E-state index >= 15 is 0 Å². The summed E-state index contributed by atoms with van der Waals surface area (Å²) in [5.74, 6) is -0.162. The van der Waals surface area contributed by atoms with Gasteiger partial charge in [0.05, 0.1) is 11.4 Å². The third-order valence-corrected chi connectivity index (χ3v) is 6.46. The molecule has 0 heterocycles. The van der Waals surface area contributed by atoms with Gasteiger partial charge in [-0.2, -0.15) is 16.8 Å². The molecule has 9 nitrogen and oxygen atoms in total. The number of carbonyl (C=O) groups excluding carboxylic acids is 1. The molecule has 0 aliphatic carbocycles. The molecule has 0 radical (unpaired) electrons. The van der Waals surface area contributed by atoms with Crippen molar-refractivity contribution >= 4 is 37.6 Å². The van der Waals surface area contributed by atoms with E-state index in [2.05, 4.69) is 10.6 Å². The molecule has 0 atom stereocenters. The number of carbonyl (C=O) groups is 1. The SMILES string of the molecule is CCS(=O)(=O)Oc1ccccc1NC(=O)Nc1ccc(OS(=O)(=O)c2ccccc2)cc1. The van der Waals surface area contributed by atoms with E-state index in [4.69, 9.17) is 8.37 Å². The van der Waals surface area contributed by atoms with Crippen molar-refractivity contribution < 1.29 is 30.0 Å². The number of nitrogens with one attached hydrogen (secondary N) is 2. The Morgan fingerprint density at radius 1 is 0.781 bits per heavy atom. The molecular weight excluding hydrogens is 456 g/mol. The maximum atomic E-state index is 12.3. The summed E-state index contributed by atoms with van der Waals surface area (Å²) in [6.07, 6.45) is 0. The van der Waals surface area contributed by atoms with Gasteiger partial charge >= 0.3 is 26.3 Å². The van der Waals surface area contributed by atoms with Gasteiger partial charge in [0.25, 0.3) is 0 Å². The number of amides is 2. The van der Waals surface area contributed by atoms with Crippen LogP contribution in [0.15, 0.2) is 83.8 Å². The van der Waals surface area contributed by atoms with Crippen LogP contribution in [0.1, 0.15) is 6.92 Å². The highest BCUT2D eigenvalue weighted by molar-refractivity contribution is 7.87. The molecule has 0 fully saturated rings. The van der Waals surface area contributed by atoms with Crippen molar-refractivity contribution in [1.82, 2.24) is 0 Å². The van der Waals surface area contributed by atoms with Crippen molar-refractivity contribution in [1.29, 1.82) is 0 Å². The summed E-state index contributed by atoms with van der Waals surface area (Å²) in [6.45, 7) is 1.44. The van der Waals surface area contributed by atoms with Crippen molar-refractivity contribution in [3.05, 3.63) is 78.9 Å². The first-order chi connectivity index (χ1) is 15.2. The maximum absolute atomic E-state index is 12.3. The number of urea groups is 1. The lowest BCUT2D eigenvalue weighted by Crippen LogP contribution is -2.20. The van der Waals surface area contributed by atoms with Crippen LogP contribution in [-0.4, -0.2) is 28.6 Å². The molecule has 3 aromatic carbocycles. The van der Waals surface area contributed by atoms with Crippen LogP contribution in [0.25, 0.3) is 0 Å².